The molecule has 0 radical (unpaired) electrons. The van der Waals surface area contributed by atoms with Crippen molar-refractivity contribution in [3.8, 4) is 0 Å². The number of quaternary nitrogens is 1. The Morgan fingerprint density at radius 3 is 1.62 bits per heavy atom. The SMILES string of the molecule is CC/C=C/C/C=C/CCC(=O)OC(COCCC(C(=O)O)[N+](C)(C)C)COC(=O)CCCCCCCCC/C=C/C/C=C/CCCCCCCCCC. The van der Waals surface area contributed by atoms with E-state index in [0.29, 0.717) is 19.3 Å². The number of rotatable bonds is 37. The van der Waals surface area contributed by atoms with Crippen LogP contribution in [0.4, 0.5) is 0 Å². The van der Waals surface area contributed by atoms with Crippen LogP contribution in [-0.4, -0.2) is 80.6 Å². The molecule has 0 aromatic carbocycles. The van der Waals surface area contributed by atoms with Crippen LogP contribution in [0.15, 0.2) is 48.6 Å². The van der Waals surface area contributed by atoms with Crippen molar-refractivity contribution in [1.29, 1.82) is 0 Å². The van der Waals surface area contributed by atoms with Gasteiger partial charge < -0.3 is 23.8 Å². The smallest absolute Gasteiger partial charge is 0.362 e. The fourth-order valence-corrected chi connectivity index (χ4v) is 5.95. The number of ether oxygens (including phenoxy) is 3. The number of unbranched alkanes of at least 4 members (excludes halogenated alkanes) is 15. The maximum atomic E-state index is 12.5. The first-order chi connectivity index (χ1) is 25.6. The van der Waals surface area contributed by atoms with Gasteiger partial charge in [0.15, 0.2) is 12.1 Å². The van der Waals surface area contributed by atoms with Crippen molar-refractivity contribution in [3.05, 3.63) is 48.6 Å². The summed E-state index contributed by atoms with van der Waals surface area (Å²) in [6, 6.07) is -0.624. The van der Waals surface area contributed by atoms with Gasteiger partial charge in [-0.2, -0.15) is 0 Å². The lowest BCUT2D eigenvalue weighted by atomic mass is 10.1. The maximum Gasteiger partial charge on any atom is 0.362 e. The van der Waals surface area contributed by atoms with Crippen LogP contribution in [-0.2, 0) is 28.6 Å². The first kappa shape index (κ1) is 50.3. The number of nitrogens with zero attached hydrogens (tertiary/aromatic N) is 1. The highest BCUT2D eigenvalue weighted by Crippen LogP contribution is 2.13. The molecule has 0 aliphatic rings. The van der Waals surface area contributed by atoms with Gasteiger partial charge >= 0.3 is 17.9 Å². The molecule has 0 aliphatic heterocycles. The highest BCUT2D eigenvalue weighted by atomic mass is 16.6. The molecular formula is C45H80NO7+. The number of esters is 2. The van der Waals surface area contributed by atoms with Gasteiger partial charge in [0.1, 0.15) is 6.61 Å². The summed E-state index contributed by atoms with van der Waals surface area (Å²) in [6.07, 6.45) is 42.1. The van der Waals surface area contributed by atoms with Crippen molar-refractivity contribution in [2.75, 3.05) is 41.0 Å². The molecular weight excluding hydrogens is 666 g/mol. The van der Waals surface area contributed by atoms with Gasteiger partial charge in [0, 0.05) is 19.3 Å². The van der Waals surface area contributed by atoms with Crippen LogP contribution in [0.3, 0.4) is 0 Å². The molecule has 53 heavy (non-hydrogen) atoms. The molecule has 0 fully saturated rings. The summed E-state index contributed by atoms with van der Waals surface area (Å²) < 4.78 is 17.1. The second-order valence-electron chi connectivity index (χ2n) is 15.2. The second kappa shape index (κ2) is 36.3. The molecule has 0 aromatic heterocycles. The summed E-state index contributed by atoms with van der Waals surface area (Å²) in [6.45, 7) is 4.50. The summed E-state index contributed by atoms with van der Waals surface area (Å²) in [5.41, 5.74) is 0. The van der Waals surface area contributed by atoms with Gasteiger partial charge in [0.25, 0.3) is 0 Å². The van der Waals surface area contributed by atoms with Gasteiger partial charge in [-0.3, -0.25) is 9.59 Å². The van der Waals surface area contributed by atoms with E-state index in [1.165, 1.54) is 83.5 Å². The molecule has 2 atom stereocenters. The van der Waals surface area contributed by atoms with Crippen LogP contribution in [0, 0.1) is 0 Å². The second-order valence-corrected chi connectivity index (χ2v) is 15.2. The lowest BCUT2D eigenvalue weighted by molar-refractivity contribution is -0.887. The third-order valence-corrected chi connectivity index (χ3v) is 9.23. The molecule has 8 heteroatoms. The van der Waals surface area contributed by atoms with E-state index in [1.54, 1.807) is 0 Å². The highest BCUT2D eigenvalue weighted by molar-refractivity contribution is 5.72. The van der Waals surface area contributed by atoms with Gasteiger partial charge in [-0.15, -0.1) is 0 Å². The van der Waals surface area contributed by atoms with E-state index in [4.69, 9.17) is 14.2 Å². The van der Waals surface area contributed by atoms with E-state index in [-0.39, 0.29) is 42.7 Å². The molecule has 0 saturated carbocycles. The van der Waals surface area contributed by atoms with Crippen LogP contribution in [0.1, 0.15) is 168 Å². The Morgan fingerprint density at radius 1 is 0.585 bits per heavy atom. The van der Waals surface area contributed by atoms with Gasteiger partial charge in [0.2, 0.25) is 0 Å². The fourth-order valence-electron chi connectivity index (χ4n) is 5.95. The molecule has 1 N–H and O–H groups in total. The van der Waals surface area contributed by atoms with Crippen LogP contribution >= 0.6 is 0 Å². The first-order valence-electron chi connectivity index (χ1n) is 21.2. The highest BCUT2D eigenvalue weighted by Gasteiger charge is 2.31. The van der Waals surface area contributed by atoms with E-state index in [2.05, 4.69) is 50.3 Å². The van der Waals surface area contributed by atoms with Gasteiger partial charge in [-0.05, 0) is 57.8 Å². The minimum Gasteiger partial charge on any atom is -0.477 e. The molecule has 0 amide bonds. The average Bonchev–Trinajstić information content (AvgIpc) is 3.11. The number of carbonyl (C=O) groups excluding carboxylic acids is 2. The van der Waals surface area contributed by atoms with Crippen LogP contribution in [0.2, 0.25) is 0 Å². The number of carbonyl (C=O) groups is 3. The minimum atomic E-state index is -0.887. The predicted molar refractivity (Wildman–Crippen MR) is 220 cm³/mol. The number of hydrogen-bond acceptors (Lipinski definition) is 6. The third-order valence-electron chi connectivity index (χ3n) is 9.23. The summed E-state index contributed by atoms with van der Waals surface area (Å²) in [7, 11) is 5.49. The summed E-state index contributed by atoms with van der Waals surface area (Å²) in [5.74, 6) is -1.58. The number of aliphatic carboxylic acids is 1. The standard InChI is InChI=1S/C45H79NO7/c1-6-8-10-12-14-15-16-17-18-19-20-21-22-23-24-25-26-27-28-30-31-33-35-43(47)52-40-41(39-51-38-37-42(45(49)50)46(3,4)5)53-44(48)36-34-32-29-13-11-9-7-2/h9,11,19-20,22-23,29,32,41-42H,6-8,10,12-18,21,24-28,30-31,33-40H2,1-5H3/p+1/b11-9+,20-19+,23-22+,32-29+. The van der Waals surface area contributed by atoms with Crippen molar-refractivity contribution < 1.29 is 38.2 Å². The third kappa shape index (κ3) is 34.8. The van der Waals surface area contributed by atoms with E-state index < -0.39 is 18.1 Å². The van der Waals surface area contributed by atoms with Gasteiger partial charge in [-0.1, -0.05) is 140 Å². The number of carboxylic acids is 1. The largest absolute Gasteiger partial charge is 0.477 e. The normalized spacial score (nSPS) is 13.5. The topological polar surface area (TPSA) is 99.1 Å². The Bertz CT molecular complexity index is 1010. The summed E-state index contributed by atoms with van der Waals surface area (Å²) in [4.78, 5) is 36.7. The van der Waals surface area contributed by atoms with Crippen molar-refractivity contribution in [3.63, 3.8) is 0 Å². The predicted octanol–water partition coefficient (Wildman–Crippen LogP) is 11.2. The Hall–Kier alpha value is -2.71. The lowest BCUT2D eigenvalue weighted by Crippen LogP contribution is -2.50. The Kier molecular flexibility index (Phi) is 34.4. The summed E-state index contributed by atoms with van der Waals surface area (Å²) >= 11 is 0. The number of hydrogen-bond donors (Lipinski definition) is 1. The quantitative estimate of drug-likeness (QED) is 0.0292. The van der Waals surface area contributed by atoms with Crippen LogP contribution < -0.4 is 0 Å². The monoisotopic (exact) mass is 747 g/mol. The zero-order valence-electron chi connectivity index (χ0n) is 34.7. The number of carboxylic acid groups (broad SMARTS) is 1. The molecule has 0 bridgehead atoms. The first-order valence-corrected chi connectivity index (χ1v) is 21.2. The van der Waals surface area contributed by atoms with Gasteiger partial charge in [0.05, 0.1) is 34.4 Å². The molecule has 0 aromatic rings. The maximum absolute atomic E-state index is 12.5. The van der Waals surface area contributed by atoms with Gasteiger partial charge in [-0.25, -0.2) is 4.79 Å². The Labute approximate surface area is 325 Å². The van der Waals surface area contributed by atoms with Crippen molar-refractivity contribution >= 4 is 17.9 Å². The Balaban J connectivity index is 4.20. The van der Waals surface area contributed by atoms with E-state index in [9.17, 15) is 19.5 Å². The van der Waals surface area contributed by atoms with Crippen molar-refractivity contribution in [1.82, 2.24) is 0 Å². The number of likely N-dealkylation sites (N-methyl/N-ethyl adjacent to an activating group) is 1. The van der Waals surface area contributed by atoms with E-state index >= 15 is 0 Å². The van der Waals surface area contributed by atoms with Crippen LogP contribution in [0.5, 0.6) is 0 Å². The van der Waals surface area contributed by atoms with Crippen molar-refractivity contribution in [2.45, 2.75) is 180 Å². The molecule has 2 unspecified atom stereocenters. The molecule has 8 nitrogen and oxygen atoms in total. The molecule has 0 aliphatic carbocycles. The number of allylic oxidation sites excluding steroid dienone is 8. The minimum absolute atomic E-state index is 0.0341. The average molecular weight is 747 g/mol. The molecule has 0 heterocycles. The molecule has 0 rings (SSSR count). The lowest BCUT2D eigenvalue weighted by Gasteiger charge is -2.31. The van der Waals surface area contributed by atoms with E-state index in [1.807, 2.05) is 33.3 Å². The Morgan fingerprint density at radius 2 is 1.09 bits per heavy atom. The van der Waals surface area contributed by atoms with E-state index in [0.717, 1.165) is 44.9 Å². The summed E-state index contributed by atoms with van der Waals surface area (Å²) in [5, 5.41) is 9.57. The zero-order valence-corrected chi connectivity index (χ0v) is 34.7. The zero-order chi connectivity index (χ0) is 39.3. The van der Waals surface area contributed by atoms with Crippen LogP contribution in [0.25, 0.3) is 0 Å². The molecule has 0 saturated heterocycles. The van der Waals surface area contributed by atoms with Crippen molar-refractivity contribution in [2.24, 2.45) is 0 Å². The molecule has 306 valence electrons. The molecule has 0 spiro atoms. The fraction of sp³-hybridized carbons (Fsp3) is 0.756.